The fourth-order valence-corrected chi connectivity index (χ4v) is 6.37. The molecule has 0 aliphatic rings. The van der Waals surface area contributed by atoms with Crippen LogP contribution in [0.4, 0.5) is 0 Å². The number of hydrogen-bond donors (Lipinski definition) is 0. The number of rotatable bonds is 5. The third kappa shape index (κ3) is 6.59. The number of pyridine rings is 2. The third-order valence-corrected chi connectivity index (χ3v) is 8.49. The summed E-state index contributed by atoms with van der Waals surface area (Å²) in [5, 5.41) is 0. The average molecular weight is 1010 g/mol. The normalized spacial score (nSPS) is 10.8. The molecule has 0 aliphatic carbocycles. The van der Waals surface area contributed by atoms with Gasteiger partial charge in [-0.3, -0.25) is 9.97 Å². The first kappa shape index (κ1) is 34.8. The molecule has 8 heteroatoms. The van der Waals surface area contributed by atoms with Gasteiger partial charge in [-0.15, -0.1) is 12.1 Å². The summed E-state index contributed by atoms with van der Waals surface area (Å²) >= 11 is 0. The van der Waals surface area contributed by atoms with E-state index in [1.54, 1.807) is 12.1 Å². The van der Waals surface area contributed by atoms with Crippen LogP contribution < -0.4 is 11.1 Å². The first-order valence-electron chi connectivity index (χ1n) is 15.7. The summed E-state index contributed by atoms with van der Waals surface area (Å²) < 4.78 is 2.89. The Bertz CT molecular complexity index is 2460. The minimum Gasteiger partial charge on any atom is -0.390 e. The molecule has 6 nitrogen and oxygen atoms in total. The van der Waals surface area contributed by atoms with Gasteiger partial charge in [0.1, 0.15) is 0 Å². The van der Waals surface area contributed by atoms with Crippen molar-refractivity contribution in [3.05, 3.63) is 178 Å². The molecule has 4 heterocycles. The standard InChI is InChI=1S/C42H28N4O2.2Ir/c1-27-20-28(2)22-33(21-27)42-34(31-16-18-45-38(23-31)43-36(25-40(45)47)29-10-5-3-6-11-29)14-9-15-35(42)32-17-19-46-39(24-32)44-37(26-41(46)48)30-12-7-4-8-13-30;;/h3-17,20-26H,1-2H3;;/q-2;;. The maximum absolute atomic E-state index is 13.1. The summed E-state index contributed by atoms with van der Waals surface area (Å²) in [7, 11) is 0. The van der Waals surface area contributed by atoms with Crippen molar-refractivity contribution < 1.29 is 40.2 Å². The van der Waals surface area contributed by atoms with Crippen LogP contribution in [0.15, 0.2) is 143 Å². The minimum atomic E-state index is -0.196. The van der Waals surface area contributed by atoms with Gasteiger partial charge in [0.15, 0.2) is 11.1 Å². The number of aryl methyl sites for hydroxylation is 2. The number of fused-ring (bicyclic) bond motifs is 2. The van der Waals surface area contributed by atoms with Crippen molar-refractivity contribution in [2.24, 2.45) is 0 Å². The summed E-state index contributed by atoms with van der Waals surface area (Å²) in [5.74, 6) is 0. The molecule has 8 rings (SSSR count). The van der Waals surface area contributed by atoms with Crippen molar-refractivity contribution in [3.63, 3.8) is 0 Å². The van der Waals surface area contributed by atoms with E-state index in [1.807, 2.05) is 91.0 Å². The van der Waals surface area contributed by atoms with Crippen LogP contribution >= 0.6 is 0 Å². The molecule has 8 aromatic rings. The summed E-state index contributed by atoms with van der Waals surface area (Å²) in [5.41, 5.74) is 11.6. The monoisotopic (exact) mass is 1010 g/mol. The molecule has 50 heavy (non-hydrogen) atoms. The van der Waals surface area contributed by atoms with Crippen molar-refractivity contribution in [2.75, 3.05) is 0 Å². The van der Waals surface area contributed by atoms with E-state index < -0.39 is 0 Å². The molecule has 4 aromatic heterocycles. The van der Waals surface area contributed by atoms with E-state index in [-0.39, 0.29) is 51.3 Å². The molecular weight excluding hydrogens is 977 g/mol. The Balaban J connectivity index is 0.00000216. The SMILES string of the molecule is Cc1cc(C)cc(-c2c(-c3c[c-]n4c(=O)cc(-c5ccccc5)nc4c3)cccc2-c2c[c-]n3c(=O)cc(-c4ccccc4)nc3c2)c1.[Ir].[Ir]. The Morgan fingerprint density at radius 1 is 0.480 bits per heavy atom. The van der Waals surface area contributed by atoms with Crippen LogP contribution in [0.25, 0.3) is 67.2 Å². The van der Waals surface area contributed by atoms with Crippen molar-refractivity contribution in [2.45, 2.75) is 13.8 Å². The maximum atomic E-state index is 13.1. The zero-order chi connectivity index (χ0) is 32.8. The van der Waals surface area contributed by atoms with Crippen LogP contribution in [0.2, 0.25) is 0 Å². The van der Waals surface area contributed by atoms with E-state index in [4.69, 9.17) is 9.97 Å². The minimum absolute atomic E-state index is 0. The summed E-state index contributed by atoms with van der Waals surface area (Å²) in [6.45, 7) is 4.19. The topological polar surface area (TPSA) is 68.7 Å². The van der Waals surface area contributed by atoms with Crippen LogP contribution in [0, 0.1) is 26.2 Å². The fraction of sp³-hybridized carbons (Fsp3) is 0.0476. The Morgan fingerprint density at radius 2 is 0.920 bits per heavy atom. The molecule has 0 N–H and O–H groups in total. The van der Waals surface area contributed by atoms with Gasteiger partial charge in [0.2, 0.25) is 0 Å². The second-order valence-corrected chi connectivity index (χ2v) is 11.9. The van der Waals surface area contributed by atoms with Gasteiger partial charge in [0, 0.05) is 51.5 Å². The molecule has 0 aliphatic heterocycles. The zero-order valence-electron chi connectivity index (χ0n) is 27.0. The van der Waals surface area contributed by atoms with Gasteiger partial charge in [0.05, 0.1) is 11.4 Å². The van der Waals surface area contributed by atoms with Gasteiger partial charge in [-0.1, -0.05) is 155 Å². The quantitative estimate of drug-likeness (QED) is 0.163. The van der Waals surface area contributed by atoms with Gasteiger partial charge in [-0.2, -0.15) is 0 Å². The van der Waals surface area contributed by atoms with E-state index in [0.29, 0.717) is 22.7 Å². The van der Waals surface area contributed by atoms with E-state index in [2.05, 4.69) is 56.6 Å². The predicted octanol–water partition coefficient (Wildman–Crippen LogP) is 8.25. The smallest absolute Gasteiger partial charge is 0.173 e. The van der Waals surface area contributed by atoms with Crippen LogP contribution in [0.1, 0.15) is 11.1 Å². The van der Waals surface area contributed by atoms with Gasteiger partial charge < -0.3 is 18.4 Å². The molecule has 248 valence electrons. The molecule has 2 radical (unpaired) electrons. The largest absolute Gasteiger partial charge is 0.390 e. The van der Waals surface area contributed by atoms with Gasteiger partial charge in [-0.25, -0.2) is 0 Å². The molecule has 0 spiro atoms. The van der Waals surface area contributed by atoms with E-state index in [1.165, 1.54) is 8.80 Å². The molecule has 0 atom stereocenters. The molecule has 0 bridgehead atoms. The Hall–Kier alpha value is -5.10. The van der Waals surface area contributed by atoms with E-state index in [0.717, 1.165) is 55.6 Å². The van der Waals surface area contributed by atoms with Gasteiger partial charge >= 0.3 is 0 Å². The number of benzene rings is 4. The van der Waals surface area contributed by atoms with Crippen LogP contribution in [-0.4, -0.2) is 18.8 Å². The molecular formula is C42H28Ir2N4O2-2. The number of nitrogens with zero attached hydrogens (tertiary/aromatic N) is 4. The first-order chi connectivity index (χ1) is 23.4. The predicted molar refractivity (Wildman–Crippen MR) is 191 cm³/mol. The second-order valence-electron chi connectivity index (χ2n) is 11.9. The Kier molecular flexibility index (Phi) is 10.0. The summed E-state index contributed by atoms with van der Waals surface area (Å²) in [6, 6.07) is 42.7. The van der Waals surface area contributed by atoms with Gasteiger partial charge in [-0.05, 0) is 48.2 Å². The Morgan fingerprint density at radius 3 is 1.36 bits per heavy atom. The van der Waals surface area contributed by atoms with Crippen LogP contribution in [-0.2, 0) is 40.2 Å². The molecule has 0 fully saturated rings. The summed E-state index contributed by atoms with van der Waals surface area (Å²) in [6.07, 6.45) is 6.33. The summed E-state index contributed by atoms with van der Waals surface area (Å²) in [4.78, 5) is 36.0. The van der Waals surface area contributed by atoms with Crippen molar-refractivity contribution in [1.82, 2.24) is 18.8 Å². The molecule has 4 aromatic carbocycles. The molecule has 0 saturated carbocycles. The molecule has 0 unspecified atom stereocenters. The number of aromatic nitrogens is 4. The molecule has 0 amide bonds. The van der Waals surface area contributed by atoms with Crippen molar-refractivity contribution in [1.29, 1.82) is 0 Å². The second kappa shape index (κ2) is 14.4. The van der Waals surface area contributed by atoms with Crippen molar-refractivity contribution >= 4 is 11.3 Å². The fourth-order valence-electron chi connectivity index (χ4n) is 6.37. The first-order valence-corrected chi connectivity index (χ1v) is 15.7. The van der Waals surface area contributed by atoms with E-state index >= 15 is 0 Å². The third-order valence-electron chi connectivity index (χ3n) is 8.49. The average Bonchev–Trinajstić information content (AvgIpc) is 3.11. The zero-order valence-corrected chi connectivity index (χ0v) is 31.8. The van der Waals surface area contributed by atoms with Crippen LogP contribution in [0.5, 0.6) is 0 Å². The van der Waals surface area contributed by atoms with Gasteiger partial charge in [0.25, 0.3) is 0 Å². The van der Waals surface area contributed by atoms with Crippen LogP contribution in [0.3, 0.4) is 0 Å². The number of hydrogen-bond acceptors (Lipinski definition) is 4. The van der Waals surface area contributed by atoms with E-state index in [9.17, 15) is 9.59 Å². The van der Waals surface area contributed by atoms with Crippen molar-refractivity contribution in [3.8, 4) is 55.9 Å². The maximum Gasteiger partial charge on any atom is 0.173 e. The molecule has 0 saturated heterocycles. The Labute approximate surface area is 315 Å².